The molecule has 1 atom stereocenters. The smallest absolute Gasteiger partial charge is 0.254 e. The molecular formula is C29H32FN3O2. The van der Waals surface area contributed by atoms with Gasteiger partial charge in [-0.3, -0.25) is 9.59 Å². The van der Waals surface area contributed by atoms with Crippen molar-refractivity contribution >= 4 is 23.2 Å². The Morgan fingerprint density at radius 3 is 2.29 bits per heavy atom. The van der Waals surface area contributed by atoms with Crippen molar-refractivity contribution in [3.05, 3.63) is 95.3 Å². The molecule has 0 bridgehead atoms. The summed E-state index contributed by atoms with van der Waals surface area (Å²) in [4.78, 5) is 30.0. The fourth-order valence-electron chi connectivity index (χ4n) is 4.38. The van der Waals surface area contributed by atoms with E-state index in [2.05, 4.69) is 5.32 Å². The number of halogens is 1. The lowest BCUT2D eigenvalue weighted by atomic mass is 9.85. The zero-order valence-electron chi connectivity index (χ0n) is 20.5. The molecule has 1 aliphatic carbocycles. The second-order valence-corrected chi connectivity index (χ2v) is 9.38. The van der Waals surface area contributed by atoms with Gasteiger partial charge in [-0.1, -0.05) is 36.8 Å². The van der Waals surface area contributed by atoms with Crippen LogP contribution in [0.15, 0.2) is 72.8 Å². The molecule has 5 nitrogen and oxygen atoms in total. The summed E-state index contributed by atoms with van der Waals surface area (Å²) in [5, 5.41) is 3.05. The Kier molecular flexibility index (Phi) is 7.49. The maximum Gasteiger partial charge on any atom is 0.254 e. The second kappa shape index (κ2) is 10.7. The molecule has 182 valence electrons. The van der Waals surface area contributed by atoms with Crippen LogP contribution >= 0.6 is 0 Å². The molecule has 0 saturated heterocycles. The van der Waals surface area contributed by atoms with E-state index in [0.717, 1.165) is 41.8 Å². The second-order valence-electron chi connectivity index (χ2n) is 9.38. The van der Waals surface area contributed by atoms with E-state index in [-0.39, 0.29) is 29.6 Å². The molecule has 0 unspecified atom stereocenters. The van der Waals surface area contributed by atoms with Gasteiger partial charge in [-0.15, -0.1) is 0 Å². The van der Waals surface area contributed by atoms with Crippen molar-refractivity contribution in [3.63, 3.8) is 0 Å². The highest BCUT2D eigenvalue weighted by Crippen LogP contribution is 2.31. The van der Waals surface area contributed by atoms with Crippen LogP contribution in [0.4, 0.5) is 15.8 Å². The normalized spacial score (nSPS) is 14.1. The third kappa shape index (κ3) is 5.70. The molecule has 0 heterocycles. The Labute approximate surface area is 206 Å². The van der Waals surface area contributed by atoms with Gasteiger partial charge in [0.15, 0.2) is 0 Å². The predicted octanol–water partition coefficient (Wildman–Crippen LogP) is 6.03. The number of anilines is 2. The van der Waals surface area contributed by atoms with Crippen LogP contribution in [0, 0.1) is 11.7 Å². The summed E-state index contributed by atoms with van der Waals surface area (Å²) in [6.07, 6.45) is 2.97. The average Bonchev–Trinajstić information content (AvgIpc) is 2.81. The number of carbonyl (C=O) groups excluding carboxylic acids is 2. The Bertz CT molecular complexity index is 1170. The maximum atomic E-state index is 13.7. The van der Waals surface area contributed by atoms with E-state index in [4.69, 9.17) is 0 Å². The first-order valence-corrected chi connectivity index (χ1v) is 12.1. The van der Waals surface area contributed by atoms with Crippen LogP contribution in [0.2, 0.25) is 0 Å². The quantitative estimate of drug-likeness (QED) is 0.434. The highest BCUT2D eigenvalue weighted by molar-refractivity contribution is 5.95. The van der Waals surface area contributed by atoms with Crippen LogP contribution in [-0.2, 0) is 11.3 Å². The summed E-state index contributed by atoms with van der Waals surface area (Å²) in [7, 11) is 3.91. The van der Waals surface area contributed by atoms with Crippen molar-refractivity contribution in [1.82, 2.24) is 4.90 Å². The van der Waals surface area contributed by atoms with E-state index >= 15 is 0 Å². The number of carbonyl (C=O) groups is 2. The largest absolute Gasteiger partial charge is 0.377 e. The van der Waals surface area contributed by atoms with E-state index < -0.39 is 0 Å². The molecule has 1 aliphatic rings. The molecule has 1 saturated carbocycles. The van der Waals surface area contributed by atoms with Crippen molar-refractivity contribution in [3.8, 4) is 0 Å². The van der Waals surface area contributed by atoms with E-state index in [1.165, 1.54) is 24.3 Å². The van der Waals surface area contributed by atoms with Gasteiger partial charge in [0.2, 0.25) is 5.91 Å². The van der Waals surface area contributed by atoms with Gasteiger partial charge in [-0.25, -0.2) is 4.39 Å². The first-order valence-electron chi connectivity index (χ1n) is 12.1. The lowest BCUT2D eigenvalue weighted by Gasteiger charge is -2.32. The lowest BCUT2D eigenvalue weighted by Crippen LogP contribution is -2.34. The van der Waals surface area contributed by atoms with E-state index in [0.29, 0.717) is 12.1 Å². The van der Waals surface area contributed by atoms with Crippen LogP contribution in [0.3, 0.4) is 0 Å². The molecule has 6 heteroatoms. The minimum atomic E-state index is -0.381. The molecule has 2 amide bonds. The zero-order valence-corrected chi connectivity index (χ0v) is 20.5. The fraction of sp³-hybridized carbons (Fsp3) is 0.310. The first kappa shape index (κ1) is 24.5. The summed E-state index contributed by atoms with van der Waals surface area (Å²) in [6, 6.07) is 21.1. The van der Waals surface area contributed by atoms with Crippen LogP contribution in [0.5, 0.6) is 0 Å². The fourth-order valence-corrected chi connectivity index (χ4v) is 4.38. The molecule has 1 fully saturated rings. The Hall–Kier alpha value is -3.67. The lowest BCUT2D eigenvalue weighted by molar-refractivity contribution is -0.122. The topological polar surface area (TPSA) is 52.7 Å². The Balaban J connectivity index is 1.68. The van der Waals surface area contributed by atoms with Gasteiger partial charge in [0.05, 0.1) is 6.04 Å². The monoisotopic (exact) mass is 473 g/mol. The van der Waals surface area contributed by atoms with E-state index in [1.807, 2.05) is 74.4 Å². The van der Waals surface area contributed by atoms with Gasteiger partial charge in [0.25, 0.3) is 5.91 Å². The van der Waals surface area contributed by atoms with E-state index in [9.17, 15) is 14.0 Å². The SMILES string of the molecule is C[C@H](c1ccccc1)N(Cc1cc(NC(=O)C2CCC2)ccc1N(C)C)C(=O)c1ccc(F)cc1. The Morgan fingerprint density at radius 2 is 1.69 bits per heavy atom. The molecule has 35 heavy (non-hydrogen) atoms. The summed E-state index contributed by atoms with van der Waals surface area (Å²) in [5.41, 5.74) is 4.03. The number of nitrogens with zero attached hydrogens (tertiary/aromatic N) is 2. The number of hydrogen-bond donors (Lipinski definition) is 1. The third-order valence-electron chi connectivity index (χ3n) is 6.75. The van der Waals surface area contributed by atoms with Crippen molar-refractivity contribution in [1.29, 1.82) is 0 Å². The van der Waals surface area contributed by atoms with Crippen LogP contribution in [0.25, 0.3) is 0 Å². The summed E-state index contributed by atoms with van der Waals surface area (Å²) < 4.78 is 13.5. The van der Waals surface area contributed by atoms with Gasteiger partial charge >= 0.3 is 0 Å². The predicted molar refractivity (Wildman–Crippen MR) is 138 cm³/mol. The van der Waals surface area contributed by atoms with Gasteiger partial charge in [-0.2, -0.15) is 0 Å². The summed E-state index contributed by atoms with van der Waals surface area (Å²) in [6.45, 7) is 2.32. The van der Waals surface area contributed by atoms with Gasteiger partial charge in [0, 0.05) is 43.5 Å². The van der Waals surface area contributed by atoms with E-state index in [1.54, 1.807) is 4.90 Å². The molecule has 0 spiro atoms. The van der Waals surface area contributed by atoms with Crippen molar-refractivity contribution in [2.45, 2.75) is 38.8 Å². The third-order valence-corrected chi connectivity index (χ3v) is 6.75. The molecule has 3 aromatic rings. The minimum absolute atomic E-state index is 0.0525. The molecule has 0 aromatic heterocycles. The molecular weight excluding hydrogens is 441 g/mol. The van der Waals surface area contributed by atoms with Gasteiger partial charge < -0.3 is 15.1 Å². The molecule has 1 N–H and O–H groups in total. The highest BCUT2D eigenvalue weighted by atomic mass is 19.1. The van der Waals surface area contributed by atoms with Gasteiger partial charge in [-0.05, 0) is 73.4 Å². The van der Waals surface area contributed by atoms with Crippen LogP contribution < -0.4 is 10.2 Å². The number of rotatable bonds is 8. The number of nitrogens with one attached hydrogen (secondary N) is 1. The number of amides is 2. The van der Waals surface area contributed by atoms with Crippen molar-refractivity contribution < 1.29 is 14.0 Å². The summed E-state index contributed by atoms with van der Waals surface area (Å²) in [5.74, 6) is -0.428. The van der Waals surface area contributed by atoms with Crippen molar-refractivity contribution in [2.24, 2.45) is 5.92 Å². The molecule has 4 rings (SSSR count). The number of benzene rings is 3. The first-order chi connectivity index (χ1) is 16.8. The summed E-state index contributed by atoms with van der Waals surface area (Å²) >= 11 is 0. The molecule has 3 aromatic carbocycles. The standard InChI is InChI=1S/C29H32FN3O2/c1-20(21-8-5-4-6-9-21)33(29(35)23-12-14-25(30)15-13-23)19-24-18-26(16-17-27(24)32(2)3)31-28(34)22-10-7-11-22/h4-6,8-9,12-18,20,22H,7,10-11,19H2,1-3H3,(H,31,34)/t20-/m1/s1. The molecule has 0 radical (unpaired) electrons. The van der Waals surface area contributed by atoms with Crippen LogP contribution in [-0.4, -0.2) is 30.8 Å². The minimum Gasteiger partial charge on any atom is -0.377 e. The van der Waals surface area contributed by atoms with Crippen LogP contribution in [0.1, 0.15) is 53.7 Å². The zero-order chi connectivity index (χ0) is 24.9. The number of hydrogen-bond acceptors (Lipinski definition) is 3. The molecule has 0 aliphatic heterocycles. The van der Waals surface area contributed by atoms with Crippen molar-refractivity contribution in [2.75, 3.05) is 24.3 Å². The average molecular weight is 474 g/mol. The Morgan fingerprint density at radius 1 is 1.00 bits per heavy atom. The van der Waals surface area contributed by atoms with Gasteiger partial charge in [0.1, 0.15) is 5.82 Å². The highest BCUT2D eigenvalue weighted by Gasteiger charge is 2.27. The maximum absolute atomic E-state index is 13.7.